The predicted molar refractivity (Wildman–Crippen MR) is 110 cm³/mol. The molecule has 1 saturated heterocycles. The molecule has 1 aliphatic carbocycles. The smallest absolute Gasteiger partial charge is 0.313 e. The Kier molecular flexibility index (Phi) is 5.41. The molecule has 0 bridgehead atoms. The molecule has 0 unspecified atom stereocenters. The zero-order valence-corrected chi connectivity index (χ0v) is 17.0. The first-order valence-electron chi connectivity index (χ1n) is 10.2. The van der Waals surface area contributed by atoms with Gasteiger partial charge in [0.25, 0.3) is 0 Å². The van der Waals surface area contributed by atoms with E-state index in [0.717, 1.165) is 44.6 Å². The molecular formula is C22H28N4O3. The van der Waals surface area contributed by atoms with Crippen molar-refractivity contribution in [1.29, 1.82) is 0 Å². The van der Waals surface area contributed by atoms with E-state index in [2.05, 4.69) is 34.8 Å². The predicted octanol–water partition coefficient (Wildman–Crippen LogP) is 2.40. The highest BCUT2D eigenvalue weighted by molar-refractivity contribution is 6.39. The SMILES string of the molecule is Cc1c(NC(=O)C(=O)NCC2(C)Cc3ccccc3C2)cnn1C1CCOCC1. The van der Waals surface area contributed by atoms with Gasteiger partial charge in [-0.2, -0.15) is 5.10 Å². The van der Waals surface area contributed by atoms with Crippen molar-refractivity contribution >= 4 is 17.5 Å². The number of aromatic nitrogens is 2. The molecule has 2 N–H and O–H groups in total. The van der Waals surface area contributed by atoms with E-state index in [0.29, 0.717) is 12.2 Å². The second-order valence-electron chi connectivity index (χ2n) is 8.50. The van der Waals surface area contributed by atoms with Gasteiger partial charge in [-0.15, -0.1) is 0 Å². The number of carbonyl (C=O) groups is 2. The molecule has 154 valence electrons. The Bertz CT molecular complexity index is 890. The van der Waals surface area contributed by atoms with Crippen LogP contribution < -0.4 is 10.6 Å². The van der Waals surface area contributed by atoms with Crippen LogP contribution in [0.4, 0.5) is 5.69 Å². The molecule has 4 rings (SSSR count). The molecule has 1 aromatic carbocycles. The molecule has 0 radical (unpaired) electrons. The molecular weight excluding hydrogens is 368 g/mol. The van der Waals surface area contributed by atoms with Crippen molar-refractivity contribution in [3.63, 3.8) is 0 Å². The molecule has 7 heteroatoms. The minimum atomic E-state index is -0.654. The van der Waals surface area contributed by atoms with E-state index in [4.69, 9.17) is 4.74 Å². The third-order valence-electron chi connectivity index (χ3n) is 6.06. The lowest BCUT2D eigenvalue weighted by atomic mass is 9.87. The number of nitrogens with zero attached hydrogens (tertiary/aromatic N) is 2. The molecule has 1 aliphatic heterocycles. The minimum absolute atomic E-state index is 0.0660. The molecule has 2 aliphatic rings. The number of fused-ring (bicyclic) bond motifs is 1. The lowest BCUT2D eigenvalue weighted by Crippen LogP contribution is -2.41. The first-order chi connectivity index (χ1) is 14.0. The van der Waals surface area contributed by atoms with Gasteiger partial charge in [-0.05, 0) is 49.1 Å². The third-order valence-corrected chi connectivity index (χ3v) is 6.06. The highest BCUT2D eigenvalue weighted by atomic mass is 16.5. The summed E-state index contributed by atoms with van der Waals surface area (Å²) in [5.74, 6) is -1.26. The summed E-state index contributed by atoms with van der Waals surface area (Å²) in [5, 5.41) is 9.93. The Morgan fingerprint density at radius 3 is 2.48 bits per heavy atom. The summed E-state index contributed by atoms with van der Waals surface area (Å²) in [4.78, 5) is 24.8. The lowest BCUT2D eigenvalue weighted by molar-refractivity contribution is -0.136. The van der Waals surface area contributed by atoms with Crippen LogP contribution in [-0.4, -0.2) is 41.4 Å². The van der Waals surface area contributed by atoms with Crippen molar-refractivity contribution in [3.05, 3.63) is 47.3 Å². The van der Waals surface area contributed by atoms with Gasteiger partial charge in [0.05, 0.1) is 23.6 Å². The van der Waals surface area contributed by atoms with Crippen LogP contribution in [0.15, 0.2) is 30.5 Å². The van der Waals surface area contributed by atoms with Crippen molar-refractivity contribution < 1.29 is 14.3 Å². The molecule has 29 heavy (non-hydrogen) atoms. The van der Waals surface area contributed by atoms with Gasteiger partial charge in [-0.1, -0.05) is 31.2 Å². The van der Waals surface area contributed by atoms with Gasteiger partial charge in [0, 0.05) is 19.8 Å². The number of amides is 2. The lowest BCUT2D eigenvalue weighted by Gasteiger charge is -2.24. The van der Waals surface area contributed by atoms with Gasteiger partial charge in [0.15, 0.2) is 0 Å². The summed E-state index contributed by atoms with van der Waals surface area (Å²) < 4.78 is 7.32. The molecule has 2 heterocycles. The van der Waals surface area contributed by atoms with Crippen molar-refractivity contribution in [3.8, 4) is 0 Å². The molecule has 1 fully saturated rings. The Morgan fingerprint density at radius 1 is 1.17 bits per heavy atom. The number of carbonyl (C=O) groups excluding carboxylic acids is 2. The highest BCUT2D eigenvalue weighted by Gasteiger charge is 2.33. The van der Waals surface area contributed by atoms with E-state index < -0.39 is 11.8 Å². The van der Waals surface area contributed by atoms with Crippen molar-refractivity contribution in [2.24, 2.45) is 5.41 Å². The van der Waals surface area contributed by atoms with Crippen molar-refractivity contribution in [1.82, 2.24) is 15.1 Å². The fourth-order valence-corrected chi connectivity index (χ4v) is 4.41. The van der Waals surface area contributed by atoms with Crippen LogP contribution in [-0.2, 0) is 27.2 Å². The summed E-state index contributed by atoms with van der Waals surface area (Å²) in [6, 6.07) is 8.62. The summed E-state index contributed by atoms with van der Waals surface area (Å²) in [6.07, 6.45) is 5.23. The van der Waals surface area contributed by atoms with Crippen LogP contribution in [0.1, 0.15) is 42.6 Å². The number of ether oxygens (including phenoxy) is 1. The van der Waals surface area contributed by atoms with E-state index in [9.17, 15) is 9.59 Å². The Morgan fingerprint density at radius 2 is 1.83 bits per heavy atom. The van der Waals surface area contributed by atoms with Gasteiger partial charge in [0.2, 0.25) is 0 Å². The number of hydrogen-bond acceptors (Lipinski definition) is 4. The molecule has 0 saturated carbocycles. The zero-order chi connectivity index (χ0) is 20.4. The third kappa shape index (κ3) is 4.19. The Labute approximate surface area is 170 Å². The standard InChI is InChI=1S/C22H28N4O3/c1-15-19(13-24-26(15)18-7-9-29-10-8-18)25-21(28)20(27)23-14-22(2)11-16-5-3-4-6-17(16)12-22/h3-6,13,18H,7-12,14H2,1-2H3,(H,23,27)(H,25,28). The maximum Gasteiger partial charge on any atom is 0.313 e. The van der Waals surface area contributed by atoms with E-state index >= 15 is 0 Å². The normalized spacial score (nSPS) is 18.3. The Hall–Kier alpha value is -2.67. The molecule has 1 aromatic heterocycles. The number of anilines is 1. The maximum absolute atomic E-state index is 12.4. The van der Waals surface area contributed by atoms with Crippen LogP contribution >= 0.6 is 0 Å². The maximum atomic E-state index is 12.4. The molecule has 0 spiro atoms. The second-order valence-corrected chi connectivity index (χ2v) is 8.50. The largest absolute Gasteiger partial charge is 0.381 e. The summed E-state index contributed by atoms with van der Waals surface area (Å²) in [6.45, 7) is 5.96. The molecule has 2 amide bonds. The van der Waals surface area contributed by atoms with Gasteiger partial charge < -0.3 is 15.4 Å². The van der Waals surface area contributed by atoms with Gasteiger partial charge in [-0.25, -0.2) is 0 Å². The van der Waals surface area contributed by atoms with Crippen molar-refractivity contribution in [2.45, 2.75) is 45.6 Å². The molecule has 0 atom stereocenters. The average Bonchev–Trinajstić information content (AvgIpc) is 3.26. The second kappa shape index (κ2) is 7.99. The first-order valence-corrected chi connectivity index (χ1v) is 10.2. The summed E-state index contributed by atoms with van der Waals surface area (Å²) in [5.41, 5.74) is 4.02. The monoisotopic (exact) mass is 396 g/mol. The van der Waals surface area contributed by atoms with E-state index in [1.807, 2.05) is 23.7 Å². The number of hydrogen-bond donors (Lipinski definition) is 2. The Balaban J connectivity index is 1.32. The number of rotatable bonds is 4. The van der Waals surface area contributed by atoms with E-state index in [1.54, 1.807) is 6.20 Å². The quantitative estimate of drug-likeness (QED) is 0.777. The van der Waals surface area contributed by atoms with Crippen molar-refractivity contribution in [2.75, 3.05) is 25.1 Å². The van der Waals surface area contributed by atoms with Crippen LogP contribution in [0.2, 0.25) is 0 Å². The number of benzene rings is 1. The van der Waals surface area contributed by atoms with Crippen LogP contribution in [0.3, 0.4) is 0 Å². The topological polar surface area (TPSA) is 85.3 Å². The molecule has 7 nitrogen and oxygen atoms in total. The van der Waals surface area contributed by atoms with Gasteiger partial charge >= 0.3 is 11.8 Å². The fourth-order valence-electron chi connectivity index (χ4n) is 4.41. The minimum Gasteiger partial charge on any atom is -0.381 e. The summed E-state index contributed by atoms with van der Waals surface area (Å²) in [7, 11) is 0. The highest BCUT2D eigenvalue weighted by Crippen LogP contribution is 2.36. The zero-order valence-electron chi connectivity index (χ0n) is 17.0. The van der Waals surface area contributed by atoms with Crippen LogP contribution in [0, 0.1) is 12.3 Å². The van der Waals surface area contributed by atoms with Gasteiger partial charge in [-0.3, -0.25) is 14.3 Å². The van der Waals surface area contributed by atoms with E-state index in [1.165, 1.54) is 11.1 Å². The fraction of sp³-hybridized carbons (Fsp3) is 0.500. The van der Waals surface area contributed by atoms with Gasteiger partial charge in [0.1, 0.15) is 0 Å². The van der Waals surface area contributed by atoms with Crippen LogP contribution in [0.25, 0.3) is 0 Å². The molecule has 2 aromatic rings. The van der Waals surface area contributed by atoms with Crippen LogP contribution in [0.5, 0.6) is 0 Å². The summed E-state index contributed by atoms with van der Waals surface area (Å²) >= 11 is 0. The van der Waals surface area contributed by atoms with E-state index in [-0.39, 0.29) is 11.5 Å². The average molecular weight is 396 g/mol. The number of nitrogens with one attached hydrogen (secondary N) is 2. The first kappa shape index (κ1) is 19.6.